The Morgan fingerprint density at radius 1 is 0.652 bits per heavy atom. The zero-order valence-corrected chi connectivity index (χ0v) is 13.3. The normalized spacial score (nSPS) is 11.0. The van der Waals surface area contributed by atoms with E-state index in [4.69, 9.17) is 4.74 Å². The lowest BCUT2D eigenvalue weighted by Gasteiger charge is -2.15. The molecule has 4 rings (SSSR count). The summed E-state index contributed by atoms with van der Waals surface area (Å²) in [5, 5.41) is 4.91. The minimum atomic E-state index is 0.943. The highest BCUT2D eigenvalue weighted by Crippen LogP contribution is 2.40. The molecule has 0 atom stereocenters. The Morgan fingerprint density at radius 2 is 1.39 bits per heavy atom. The lowest BCUT2D eigenvalue weighted by molar-refractivity contribution is 0.421. The highest BCUT2D eigenvalue weighted by molar-refractivity contribution is 6.04. The molecule has 0 saturated carbocycles. The van der Waals surface area contributed by atoms with Gasteiger partial charge in [-0.3, -0.25) is 0 Å². The van der Waals surface area contributed by atoms with E-state index in [1.54, 1.807) is 7.11 Å². The second-order valence-corrected chi connectivity index (χ2v) is 5.85. The van der Waals surface area contributed by atoms with E-state index >= 15 is 0 Å². The van der Waals surface area contributed by atoms with Crippen molar-refractivity contribution in [3.05, 3.63) is 78.4 Å². The molecular formula is C22H18O. The van der Waals surface area contributed by atoms with E-state index in [2.05, 4.69) is 79.7 Å². The molecule has 0 fully saturated rings. The summed E-state index contributed by atoms with van der Waals surface area (Å²) in [6, 6.07) is 25.6. The number of hydrogen-bond acceptors (Lipinski definition) is 1. The summed E-state index contributed by atoms with van der Waals surface area (Å²) in [5.74, 6) is 0.943. The molecule has 1 nitrogen and oxygen atoms in total. The first-order chi connectivity index (χ1) is 11.3. The number of hydrogen-bond donors (Lipinski definition) is 0. The van der Waals surface area contributed by atoms with Crippen molar-refractivity contribution in [3.8, 4) is 16.9 Å². The van der Waals surface area contributed by atoms with Crippen LogP contribution in [0.25, 0.3) is 32.7 Å². The first-order valence-electron chi connectivity index (χ1n) is 7.84. The average Bonchev–Trinajstić information content (AvgIpc) is 2.60. The largest absolute Gasteiger partial charge is 0.495 e. The van der Waals surface area contributed by atoms with E-state index in [1.807, 2.05) is 0 Å². The first-order valence-corrected chi connectivity index (χ1v) is 7.84. The molecule has 0 amide bonds. The number of rotatable bonds is 2. The van der Waals surface area contributed by atoms with Crippen molar-refractivity contribution in [2.75, 3.05) is 7.11 Å². The third-order valence-electron chi connectivity index (χ3n) is 4.49. The molecule has 4 aromatic carbocycles. The summed E-state index contributed by atoms with van der Waals surface area (Å²) >= 11 is 0. The van der Waals surface area contributed by atoms with Crippen molar-refractivity contribution in [2.24, 2.45) is 0 Å². The Balaban J connectivity index is 2.11. The van der Waals surface area contributed by atoms with Crippen LogP contribution in [0.4, 0.5) is 0 Å². The van der Waals surface area contributed by atoms with Gasteiger partial charge >= 0.3 is 0 Å². The molecular weight excluding hydrogens is 280 g/mol. The maximum atomic E-state index is 5.80. The maximum absolute atomic E-state index is 5.80. The molecule has 1 heteroatoms. The van der Waals surface area contributed by atoms with Gasteiger partial charge in [-0.1, -0.05) is 66.7 Å². The molecule has 0 saturated heterocycles. The number of aryl methyl sites for hydroxylation is 1. The lowest BCUT2D eigenvalue weighted by atomic mass is 9.93. The number of methoxy groups -OCH3 is 1. The predicted molar refractivity (Wildman–Crippen MR) is 98.2 cm³/mol. The Labute approximate surface area is 136 Å². The zero-order chi connectivity index (χ0) is 15.8. The molecule has 0 spiro atoms. The molecule has 112 valence electrons. The van der Waals surface area contributed by atoms with E-state index in [9.17, 15) is 0 Å². The Kier molecular flexibility index (Phi) is 3.27. The topological polar surface area (TPSA) is 9.23 Å². The third kappa shape index (κ3) is 2.17. The summed E-state index contributed by atoms with van der Waals surface area (Å²) in [6.45, 7) is 2.17. The van der Waals surface area contributed by atoms with E-state index < -0.39 is 0 Å². The van der Waals surface area contributed by atoms with Gasteiger partial charge in [0.1, 0.15) is 5.75 Å². The SMILES string of the molecule is COc1c(-c2cccc3cccc(C)c23)ccc2ccccc12. The highest BCUT2D eigenvalue weighted by Gasteiger charge is 2.13. The van der Waals surface area contributed by atoms with Gasteiger partial charge in [0.2, 0.25) is 0 Å². The van der Waals surface area contributed by atoms with Crippen LogP contribution < -0.4 is 4.74 Å². The molecule has 0 N–H and O–H groups in total. The fourth-order valence-electron chi connectivity index (χ4n) is 3.43. The number of ether oxygens (including phenoxy) is 1. The molecule has 4 aromatic rings. The third-order valence-corrected chi connectivity index (χ3v) is 4.49. The van der Waals surface area contributed by atoms with E-state index in [0.29, 0.717) is 0 Å². The monoisotopic (exact) mass is 298 g/mol. The lowest BCUT2D eigenvalue weighted by Crippen LogP contribution is -1.91. The highest BCUT2D eigenvalue weighted by atomic mass is 16.5. The minimum absolute atomic E-state index is 0.943. The Bertz CT molecular complexity index is 1010. The van der Waals surface area contributed by atoms with Gasteiger partial charge in [-0.25, -0.2) is 0 Å². The van der Waals surface area contributed by atoms with Crippen LogP contribution in [-0.2, 0) is 0 Å². The minimum Gasteiger partial charge on any atom is -0.495 e. The van der Waals surface area contributed by atoms with E-state index in [1.165, 1.54) is 27.3 Å². The van der Waals surface area contributed by atoms with Gasteiger partial charge in [-0.15, -0.1) is 0 Å². The quantitative estimate of drug-likeness (QED) is 0.442. The molecule has 0 aliphatic heterocycles. The Morgan fingerprint density at radius 3 is 2.22 bits per heavy atom. The van der Waals surface area contributed by atoms with Gasteiger partial charge < -0.3 is 4.74 Å². The van der Waals surface area contributed by atoms with Crippen LogP contribution >= 0.6 is 0 Å². The van der Waals surface area contributed by atoms with Crippen molar-refractivity contribution in [1.82, 2.24) is 0 Å². The van der Waals surface area contributed by atoms with Gasteiger partial charge in [-0.05, 0) is 40.3 Å². The zero-order valence-electron chi connectivity index (χ0n) is 13.3. The van der Waals surface area contributed by atoms with Crippen molar-refractivity contribution in [2.45, 2.75) is 6.92 Å². The average molecular weight is 298 g/mol. The van der Waals surface area contributed by atoms with Crippen LogP contribution in [0.3, 0.4) is 0 Å². The first kappa shape index (κ1) is 13.8. The van der Waals surface area contributed by atoms with Crippen LogP contribution in [0.1, 0.15) is 5.56 Å². The predicted octanol–water partition coefficient (Wildman–Crippen LogP) is 5.98. The van der Waals surface area contributed by atoms with E-state index in [-0.39, 0.29) is 0 Å². The van der Waals surface area contributed by atoms with Crippen molar-refractivity contribution in [1.29, 1.82) is 0 Å². The number of benzene rings is 4. The molecule has 23 heavy (non-hydrogen) atoms. The van der Waals surface area contributed by atoms with Gasteiger partial charge in [0.15, 0.2) is 0 Å². The summed E-state index contributed by atoms with van der Waals surface area (Å²) < 4.78 is 5.80. The molecule has 0 aliphatic rings. The molecule has 0 radical (unpaired) electrons. The van der Waals surface area contributed by atoms with Gasteiger partial charge in [0.25, 0.3) is 0 Å². The van der Waals surface area contributed by atoms with Crippen molar-refractivity contribution >= 4 is 21.5 Å². The van der Waals surface area contributed by atoms with Crippen molar-refractivity contribution < 1.29 is 4.74 Å². The van der Waals surface area contributed by atoms with Gasteiger partial charge in [0, 0.05) is 10.9 Å². The van der Waals surface area contributed by atoms with Gasteiger partial charge in [-0.2, -0.15) is 0 Å². The summed E-state index contributed by atoms with van der Waals surface area (Å²) in [4.78, 5) is 0. The molecule has 0 unspecified atom stereocenters. The maximum Gasteiger partial charge on any atom is 0.134 e. The summed E-state index contributed by atoms with van der Waals surface area (Å²) in [5.41, 5.74) is 3.66. The van der Waals surface area contributed by atoms with Crippen LogP contribution in [0.15, 0.2) is 72.8 Å². The second-order valence-electron chi connectivity index (χ2n) is 5.85. The smallest absolute Gasteiger partial charge is 0.134 e. The second kappa shape index (κ2) is 5.44. The van der Waals surface area contributed by atoms with Crippen LogP contribution in [0, 0.1) is 6.92 Å². The fourth-order valence-corrected chi connectivity index (χ4v) is 3.43. The fraction of sp³-hybridized carbons (Fsp3) is 0.0909. The Hall–Kier alpha value is -2.80. The molecule has 0 bridgehead atoms. The van der Waals surface area contributed by atoms with E-state index in [0.717, 1.165) is 16.7 Å². The van der Waals surface area contributed by atoms with Crippen LogP contribution in [0.2, 0.25) is 0 Å². The molecule has 0 aromatic heterocycles. The van der Waals surface area contributed by atoms with Crippen molar-refractivity contribution in [3.63, 3.8) is 0 Å². The number of fused-ring (bicyclic) bond motifs is 2. The van der Waals surface area contributed by atoms with Gasteiger partial charge in [0.05, 0.1) is 7.11 Å². The summed E-state index contributed by atoms with van der Waals surface area (Å²) in [6.07, 6.45) is 0. The standard InChI is InChI=1S/C22H18O/c1-15-7-5-9-17-10-6-12-19(21(15)17)20-14-13-16-8-3-4-11-18(16)22(20)23-2/h3-14H,1-2H3. The summed E-state index contributed by atoms with van der Waals surface area (Å²) in [7, 11) is 1.75. The van der Waals surface area contributed by atoms with Crippen LogP contribution in [-0.4, -0.2) is 7.11 Å². The molecule has 0 aliphatic carbocycles. The molecule has 0 heterocycles. The van der Waals surface area contributed by atoms with Crippen LogP contribution in [0.5, 0.6) is 5.75 Å².